The first kappa shape index (κ1) is 12.4. The lowest BCUT2D eigenvalue weighted by atomic mass is 9.89. The van der Waals surface area contributed by atoms with E-state index in [9.17, 15) is 5.11 Å². The summed E-state index contributed by atoms with van der Waals surface area (Å²) >= 11 is 0. The van der Waals surface area contributed by atoms with Gasteiger partial charge in [-0.2, -0.15) is 0 Å². The topological polar surface area (TPSA) is 23.5 Å². The monoisotopic (exact) mass is 233 g/mol. The smallest absolute Gasteiger partial charge is 0.115 e. The van der Waals surface area contributed by atoms with Gasteiger partial charge in [-0.1, -0.05) is 26.0 Å². The predicted octanol–water partition coefficient (Wildman–Crippen LogP) is 3.23. The number of hydrogen-bond donors (Lipinski definition) is 1. The molecule has 1 N–H and O–H groups in total. The minimum absolute atomic E-state index is 0.367. The highest BCUT2D eigenvalue weighted by molar-refractivity contribution is 5.28. The number of likely N-dealkylation sites (tertiary alicyclic amines) is 1. The predicted molar refractivity (Wildman–Crippen MR) is 71.4 cm³/mol. The Bertz CT molecular complexity index is 336. The molecule has 0 atom stereocenters. The third-order valence-corrected chi connectivity index (χ3v) is 3.58. The second kappa shape index (κ2) is 5.54. The fourth-order valence-corrected chi connectivity index (χ4v) is 2.71. The number of nitrogens with zero attached hydrogens (tertiary/aromatic N) is 1. The van der Waals surface area contributed by atoms with Gasteiger partial charge in [0.25, 0.3) is 0 Å². The van der Waals surface area contributed by atoms with Crippen molar-refractivity contribution in [1.29, 1.82) is 0 Å². The number of hydrogen-bond acceptors (Lipinski definition) is 2. The summed E-state index contributed by atoms with van der Waals surface area (Å²) < 4.78 is 0. The Labute approximate surface area is 104 Å². The molecule has 1 saturated heterocycles. The molecule has 1 heterocycles. The maximum absolute atomic E-state index is 9.29. The molecule has 1 fully saturated rings. The lowest BCUT2D eigenvalue weighted by Gasteiger charge is -2.33. The largest absolute Gasteiger partial charge is 0.508 e. The number of rotatable bonds is 3. The molecule has 94 valence electrons. The molecule has 1 aliphatic rings. The van der Waals surface area contributed by atoms with E-state index in [-0.39, 0.29) is 0 Å². The van der Waals surface area contributed by atoms with Gasteiger partial charge >= 0.3 is 0 Å². The molecule has 2 heteroatoms. The van der Waals surface area contributed by atoms with Crippen LogP contribution in [-0.4, -0.2) is 29.6 Å². The first-order chi connectivity index (χ1) is 8.15. The van der Waals surface area contributed by atoms with Gasteiger partial charge in [-0.25, -0.2) is 0 Å². The molecule has 0 saturated carbocycles. The molecule has 1 aromatic rings. The molecule has 17 heavy (non-hydrogen) atoms. The summed E-state index contributed by atoms with van der Waals surface area (Å²) in [5.74, 6) is 1.81. The van der Waals surface area contributed by atoms with Crippen LogP contribution in [0.25, 0.3) is 0 Å². The Kier molecular flexibility index (Phi) is 4.06. The quantitative estimate of drug-likeness (QED) is 0.866. The van der Waals surface area contributed by atoms with Gasteiger partial charge in [0.2, 0.25) is 0 Å². The zero-order chi connectivity index (χ0) is 12.3. The lowest BCUT2D eigenvalue weighted by molar-refractivity contribution is 0.192. The van der Waals surface area contributed by atoms with Crippen molar-refractivity contribution in [2.75, 3.05) is 19.6 Å². The Morgan fingerprint density at radius 1 is 1.18 bits per heavy atom. The standard InChI is InChI=1S/C15H23NO/c1-12(2)11-16-9-7-14(8-10-16)13-3-5-15(17)6-4-13/h3-6,12,14,17H,7-11H2,1-2H3. The molecule has 0 spiro atoms. The van der Waals surface area contributed by atoms with Crippen molar-refractivity contribution < 1.29 is 5.11 Å². The van der Waals surface area contributed by atoms with Crippen molar-refractivity contribution in [2.45, 2.75) is 32.6 Å². The van der Waals surface area contributed by atoms with E-state index in [1.165, 1.54) is 38.0 Å². The van der Waals surface area contributed by atoms with E-state index in [4.69, 9.17) is 0 Å². The Morgan fingerprint density at radius 3 is 2.29 bits per heavy atom. The SMILES string of the molecule is CC(C)CN1CCC(c2ccc(O)cc2)CC1. The average molecular weight is 233 g/mol. The third kappa shape index (κ3) is 3.47. The van der Waals surface area contributed by atoms with Crippen LogP contribution in [-0.2, 0) is 0 Å². The zero-order valence-electron chi connectivity index (χ0n) is 10.9. The molecule has 0 aromatic heterocycles. The molecule has 0 unspecified atom stereocenters. The molecule has 0 radical (unpaired) electrons. The van der Waals surface area contributed by atoms with Gasteiger partial charge in [0.15, 0.2) is 0 Å². The van der Waals surface area contributed by atoms with Crippen molar-refractivity contribution in [3.63, 3.8) is 0 Å². The van der Waals surface area contributed by atoms with Crippen LogP contribution in [0.3, 0.4) is 0 Å². The highest BCUT2D eigenvalue weighted by Crippen LogP contribution is 2.29. The van der Waals surface area contributed by atoms with Crippen LogP contribution in [0.15, 0.2) is 24.3 Å². The van der Waals surface area contributed by atoms with Crippen LogP contribution in [0, 0.1) is 5.92 Å². The summed E-state index contributed by atoms with van der Waals surface area (Å²) in [5.41, 5.74) is 1.38. The molecule has 0 aliphatic carbocycles. The van der Waals surface area contributed by atoms with Crippen molar-refractivity contribution >= 4 is 0 Å². The van der Waals surface area contributed by atoms with E-state index in [1.807, 2.05) is 0 Å². The van der Waals surface area contributed by atoms with Crippen LogP contribution < -0.4 is 0 Å². The molecule has 0 amide bonds. The molecular formula is C15H23NO. The summed E-state index contributed by atoms with van der Waals surface area (Å²) in [4.78, 5) is 2.57. The van der Waals surface area contributed by atoms with Gasteiger partial charge in [0, 0.05) is 6.54 Å². The third-order valence-electron chi connectivity index (χ3n) is 3.58. The fourth-order valence-electron chi connectivity index (χ4n) is 2.71. The molecule has 1 aromatic carbocycles. The van der Waals surface area contributed by atoms with E-state index in [0.29, 0.717) is 11.7 Å². The fraction of sp³-hybridized carbons (Fsp3) is 0.600. The van der Waals surface area contributed by atoms with Gasteiger partial charge in [0.1, 0.15) is 5.75 Å². The van der Waals surface area contributed by atoms with Crippen LogP contribution in [0.4, 0.5) is 0 Å². The van der Waals surface area contributed by atoms with E-state index < -0.39 is 0 Å². The first-order valence-electron chi connectivity index (χ1n) is 6.66. The van der Waals surface area contributed by atoms with E-state index in [2.05, 4.69) is 30.9 Å². The molecular weight excluding hydrogens is 210 g/mol. The highest BCUT2D eigenvalue weighted by atomic mass is 16.3. The van der Waals surface area contributed by atoms with Crippen molar-refractivity contribution in [2.24, 2.45) is 5.92 Å². The van der Waals surface area contributed by atoms with Crippen LogP contribution >= 0.6 is 0 Å². The van der Waals surface area contributed by atoms with Gasteiger partial charge < -0.3 is 10.0 Å². The van der Waals surface area contributed by atoms with E-state index in [1.54, 1.807) is 12.1 Å². The van der Waals surface area contributed by atoms with Crippen LogP contribution in [0.5, 0.6) is 5.75 Å². The van der Waals surface area contributed by atoms with Crippen molar-refractivity contribution in [3.05, 3.63) is 29.8 Å². The Balaban J connectivity index is 1.88. The summed E-state index contributed by atoms with van der Waals surface area (Å²) in [6, 6.07) is 7.74. The first-order valence-corrected chi connectivity index (χ1v) is 6.66. The molecule has 1 aliphatic heterocycles. The summed E-state index contributed by atoms with van der Waals surface area (Å²) in [7, 11) is 0. The van der Waals surface area contributed by atoms with Crippen LogP contribution in [0.1, 0.15) is 38.2 Å². The minimum Gasteiger partial charge on any atom is -0.508 e. The highest BCUT2D eigenvalue weighted by Gasteiger charge is 2.20. The number of piperidine rings is 1. The number of benzene rings is 1. The van der Waals surface area contributed by atoms with Gasteiger partial charge in [-0.3, -0.25) is 0 Å². The summed E-state index contributed by atoms with van der Waals surface area (Å²) in [6.07, 6.45) is 2.50. The lowest BCUT2D eigenvalue weighted by Crippen LogP contribution is -2.35. The second-order valence-corrected chi connectivity index (χ2v) is 5.56. The second-order valence-electron chi connectivity index (χ2n) is 5.56. The number of phenols is 1. The van der Waals surface area contributed by atoms with Crippen molar-refractivity contribution in [3.8, 4) is 5.75 Å². The molecule has 2 rings (SSSR count). The summed E-state index contributed by atoms with van der Waals surface area (Å²) in [6.45, 7) is 8.22. The maximum Gasteiger partial charge on any atom is 0.115 e. The summed E-state index contributed by atoms with van der Waals surface area (Å²) in [5, 5.41) is 9.29. The van der Waals surface area contributed by atoms with Gasteiger partial charge in [-0.05, 0) is 55.5 Å². The van der Waals surface area contributed by atoms with E-state index in [0.717, 1.165) is 5.92 Å². The van der Waals surface area contributed by atoms with E-state index >= 15 is 0 Å². The molecule has 2 nitrogen and oxygen atoms in total. The van der Waals surface area contributed by atoms with Crippen LogP contribution in [0.2, 0.25) is 0 Å². The average Bonchev–Trinajstić information content (AvgIpc) is 2.30. The Morgan fingerprint density at radius 2 is 1.76 bits per heavy atom. The van der Waals surface area contributed by atoms with Crippen molar-refractivity contribution in [1.82, 2.24) is 4.90 Å². The Hall–Kier alpha value is -1.02. The zero-order valence-corrected chi connectivity index (χ0v) is 10.9. The van der Waals surface area contributed by atoms with Gasteiger partial charge in [0.05, 0.1) is 0 Å². The minimum atomic E-state index is 0.367. The maximum atomic E-state index is 9.29. The molecule has 0 bridgehead atoms. The number of phenolic OH excluding ortho intramolecular Hbond substituents is 1. The number of aromatic hydroxyl groups is 1. The normalized spacial score (nSPS) is 18.8. The van der Waals surface area contributed by atoms with Gasteiger partial charge in [-0.15, -0.1) is 0 Å².